The molecular weight excluding hydrogens is 330 g/mol. The third kappa shape index (κ3) is 4.59. The maximum atomic E-state index is 12.3. The number of aromatic hydroxyl groups is 1. The Morgan fingerprint density at radius 3 is 2.46 bits per heavy atom. The third-order valence-electron chi connectivity index (χ3n) is 4.46. The maximum Gasteiger partial charge on any atom is 0.317 e. The van der Waals surface area contributed by atoms with Crippen LogP contribution in [0.1, 0.15) is 5.56 Å². The van der Waals surface area contributed by atoms with Crippen molar-refractivity contribution in [1.82, 2.24) is 10.2 Å². The van der Waals surface area contributed by atoms with Gasteiger partial charge in [-0.2, -0.15) is 0 Å². The lowest BCUT2D eigenvalue weighted by atomic mass is 10.2. The summed E-state index contributed by atoms with van der Waals surface area (Å²) in [4.78, 5) is 16.1. The van der Waals surface area contributed by atoms with Crippen molar-refractivity contribution in [3.63, 3.8) is 0 Å². The standard InChI is InChI=1S/C20H25N3O3/c1-16-6-8-17(9-7-16)26-15-10-21-20(25)23-13-11-22(12-14-23)18-4-2-3-5-19(18)24/h2-9,24H,10-15H2,1H3,(H,21,25). The minimum absolute atomic E-state index is 0.0746. The number of nitrogens with one attached hydrogen (secondary N) is 1. The Hall–Kier alpha value is -2.89. The first-order chi connectivity index (χ1) is 12.6. The smallest absolute Gasteiger partial charge is 0.317 e. The number of anilines is 1. The van der Waals surface area contributed by atoms with Gasteiger partial charge in [0, 0.05) is 26.2 Å². The molecule has 6 nitrogen and oxygen atoms in total. The molecule has 0 radical (unpaired) electrons. The first kappa shape index (κ1) is 17.9. The normalized spacial score (nSPS) is 14.2. The van der Waals surface area contributed by atoms with E-state index in [4.69, 9.17) is 4.74 Å². The van der Waals surface area contributed by atoms with Gasteiger partial charge in [0.25, 0.3) is 0 Å². The fraction of sp³-hybridized carbons (Fsp3) is 0.350. The van der Waals surface area contributed by atoms with E-state index < -0.39 is 0 Å². The van der Waals surface area contributed by atoms with Crippen LogP contribution in [0.5, 0.6) is 11.5 Å². The fourth-order valence-corrected chi connectivity index (χ4v) is 2.96. The SMILES string of the molecule is Cc1ccc(OCCNC(=O)N2CCN(c3ccccc3O)CC2)cc1. The van der Waals surface area contributed by atoms with Gasteiger partial charge in [-0.15, -0.1) is 0 Å². The average Bonchev–Trinajstić information content (AvgIpc) is 2.67. The number of ether oxygens (including phenoxy) is 1. The molecule has 0 bridgehead atoms. The molecule has 1 heterocycles. The van der Waals surface area contributed by atoms with E-state index in [1.54, 1.807) is 17.0 Å². The molecule has 138 valence electrons. The van der Waals surface area contributed by atoms with E-state index in [-0.39, 0.29) is 11.8 Å². The van der Waals surface area contributed by atoms with Crippen molar-refractivity contribution < 1.29 is 14.6 Å². The van der Waals surface area contributed by atoms with Crippen LogP contribution in [0.15, 0.2) is 48.5 Å². The van der Waals surface area contributed by atoms with Crippen molar-refractivity contribution in [3.8, 4) is 11.5 Å². The number of piperazine rings is 1. The minimum Gasteiger partial charge on any atom is -0.506 e. The summed E-state index contributed by atoms with van der Waals surface area (Å²) in [5.41, 5.74) is 2.01. The van der Waals surface area contributed by atoms with E-state index in [1.165, 1.54) is 5.56 Å². The van der Waals surface area contributed by atoms with Gasteiger partial charge >= 0.3 is 6.03 Å². The lowest BCUT2D eigenvalue weighted by Gasteiger charge is -2.36. The minimum atomic E-state index is -0.0746. The number of nitrogens with zero attached hydrogens (tertiary/aromatic N) is 2. The van der Waals surface area contributed by atoms with Crippen molar-refractivity contribution in [3.05, 3.63) is 54.1 Å². The molecule has 2 amide bonds. The van der Waals surface area contributed by atoms with Crippen LogP contribution in [-0.4, -0.2) is 55.4 Å². The van der Waals surface area contributed by atoms with Gasteiger partial charge in [-0.05, 0) is 31.2 Å². The zero-order valence-electron chi connectivity index (χ0n) is 15.0. The number of aryl methyl sites for hydroxylation is 1. The predicted octanol–water partition coefficient (Wildman–Crippen LogP) is 2.61. The highest BCUT2D eigenvalue weighted by atomic mass is 16.5. The topological polar surface area (TPSA) is 65.0 Å². The van der Waals surface area contributed by atoms with Crippen LogP contribution in [0, 0.1) is 6.92 Å². The van der Waals surface area contributed by atoms with Crippen LogP contribution in [0.2, 0.25) is 0 Å². The summed E-state index contributed by atoms with van der Waals surface area (Å²) in [5.74, 6) is 1.08. The number of benzene rings is 2. The molecule has 2 aromatic rings. The molecule has 1 aliphatic heterocycles. The highest BCUT2D eigenvalue weighted by Gasteiger charge is 2.22. The molecule has 2 N–H and O–H groups in total. The lowest BCUT2D eigenvalue weighted by molar-refractivity contribution is 0.191. The number of hydrogen-bond acceptors (Lipinski definition) is 4. The van der Waals surface area contributed by atoms with Crippen LogP contribution in [0.4, 0.5) is 10.5 Å². The molecule has 0 aromatic heterocycles. The van der Waals surface area contributed by atoms with Crippen LogP contribution in [0.25, 0.3) is 0 Å². The lowest BCUT2D eigenvalue weighted by Crippen LogP contribution is -2.52. The van der Waals surface area contributed by atoms with Crippen molar-refractivity contribution >= 4 is 11.7 Å². The second-order valence-corrected chi connectivity index (χ2v) is 6.36. The summed E-state index contributed by atoms with van der Waals surface area (Å²) in [5, 5.41) is 12.8. The largest absolute Gasteiger partial charge is 0.506 e. The summed E-state index contributed by atoms with van der Waals surface area (Å²) in [7, 11) is 0. The number of urea groups is 1. The second kappa shape index (κ2) is 8.47. The van der Waals surface area contributed by atoms with E-state index in [2.05, 4.69) is 10.2 Å². The molecule has 0 spiro atoms. The zero-order chi connectivity index (χ0) is 18.4. The molecule has 0 atom stereocenters. The fourth-order valence-electron chi connectivity index (χ4n) is 2.96. The molecule has 3 rings (SSSR count). The number of amides is 2. The second-order valence-electron chi connectivity index (χ2n) is 6.36. The van der Waals surface area contributed by atoms with Crippen molar-refractivity contribution in [2.45, 2.75) is 6.92 Å². The number of rotatable bonds is 5. The van der Waals surface area contributed by atoms with Crippen molar-refractivity contribution in [2.75, 3.05) is 44.2 Å². The first-order valence-corrected chi connectivity index (χ1v) is 8.88. The zero-order valence-corrected chi connectivity index (χ0v) is 15.0. The van der Waals surface area contributed by atoms with Crippen LogP contribution >= 0.6 is 0 Å². The molecular formula is C20H25N3O3. The maximum absolute atomic E-state index is 12.3. The molecule has 0 aliphatic carbocycles. The van der Waals surface area contributed by atoms with Gasteiger partial charge in [-0.1, -0.05) is 29.8 Å². The first-order valence-electron chi connectivity index (χ1n) is 8.88. The van der Waals surface area contributed by atoms with Crippen molar-refractivity contribution in [1.29, 1.82) is 0 Å². The molecule has 2 aromatic carbocycles. The monoisotopic (exact) mass is 355 g/mol. The Labute approximate surface area is 154 Å². The van der Waals surface area contributed by atoms with E-state index in [1.807, 2.05) is 43.3 Å². The molecule has 1 fully saturated rings. The van der Waals surface area contributed by atoms with Crippen LogP contribution in [-0.2, 0) is 0 Å². The Balaban J connectivity index is 1.38. The molecule has 0 unspecified atom stereocenters. The van der Waals surface area contributed by atoms with Gasteiger partial charge < -0.3 is 25.0 Å². The van der Waals surface area contributed by atoms with Gasteiger partial charge in [0.15, 0.2) is 0 Å². The van der Waals surface area contributed by atoms with Gasteiger partial charge in [-0.25, -0.2) is 4.79 Å². The molecule has 26 heavy (non-hydrogen) atoms. The van der Waals surface area contributed by atoms with E-state index in [0.717, 1.165) is 11.4 Å². The predicted molar refractivity (Wildman–Crippen MR) is 102 cm³/mol. The number of hydrogen-bond donors (Lipinski definition) is 2. The van der Waals surface area contributed by atoms with E-state index in [0.29, 0.717) is 39.3 Å². The number of phenolic OH excluding ortho intramolecular Hbond substituents is 1. The molecule has 1 saturated heterocycles. The Morgan fingerprint density at radius 2 is 1.77 bits per heavy atom. The van der Waals surface area contributed by atoms with Crippen molar-refractivity contribution in [2.24, 2.45) is 0 Å². The third-order valence-corrected chi connectivity index (χ3v) is 4.46. The number of carbonyl (C=O) groups is 1. The number of phenols is 1. The Bertz CT molecular complexity index is 725. The molecule has 1 aliphatic rings. The number of carbonyl (C=O) groups excluding carboxylic acids is 1. The summed E-state index contributed by atoms with van der Waals surface area (Å²) >= 11 is 0. The summed E-state index contributed by atoms with van der Waals surface area (Å²) in [6.45, 7) is 5.58. The van der Waals surface area contributed by atoms with Crippen LogP contribution in [0.3, 0.4) is 0 Å². The summed E-state index contributed by atoms with van der Waals surface area (Å²) < 4.78 is 5.62. The Morgan fingerprint density at radius 1 is 1.08 bits per heavy atom. The average molecular weight is 355 g/mol. The molecule has 6 heteroatoms. The highest BCUT2D eigenvalue weighted by Crippen LogP contribution is 2.27. The van der Waals surface area contributed by atoms with E-state index in [9.17, 15) is 9.90 Å². The Kier molecular flexibility index (Phi) is 5.84. The van der Waals surface area contributed by atoms with Gasteiger partial charge in [0.05, 0.1) is 12.2 Å². The number of para-hydroxylation sites is 2. The molecule has 0 saturated carbocycles. The highest BCUT2D eigenvalue weighted by molar-refractivity contribution is 5.74. The van der Waals surface area contributed by atoms with Gasteiger partial charge in [0.1, 0.15) is 18.1 Å². The summed E-state index contributed by atoms with van der Waals surface area (Å²) in [6.07, 6.45) is 0. The van der Waals surface area contributed by atoms with Gasteiger partial charge in [0.2, 0.25) is 0 Å². The van der Waals surface area contributed by atoms with Crippen LogP contribution < -0.4 is 15.0 Å². The van der Waals surface area contributed by atoms with E-state index >= 15 is 0 Å². The summed E-state index contributed by atoms with van der Waals surface area (Å²) in [6, 6.07) is 15.1. The quantitative estimate of drug-likeness (QED) is 0.809. The van der Waals surface area contributed by atoms with Gasteiger partial charge in [-0.3, -0.25) is 0 Å².